The zero-order valence-corrected chi connectivity index (χ0v) is 5.39. The van der Waals surface area contributed by atoms with Gasteiger partial charge in [-0.1, -0.05) is 0 Å². The van der Waals surface area contributed by atoms with Crippen LogP contribution >= 0.6 is 12.4 Å². The summed E-state index contributed by atoms with van der Waals surface area (Å²) in [5.74, 6) is -0.197. The van der Waals surface area contributed by atoms with Crippen molar-refractivity contribution in [2.24, 2.45) is 16.5 Å². The average molecular weight is 151 g/mol. The van der Waals surface area contributed by atoms with Gasteiger partial charge in [-0.05, 0) is 0 Å². The van der Waals surface area contributed by atoms with E-state index in [0.717, 1.165) is 0 Å². The second-order valence-corrected chi connectivity index (χ2v) is 0.637. The molecular weight excluding hydrogens is 144 g/mol. The van der Waals surface area contributed by atoms with E-state index >= 15 is 0 Å². The minimum atomic E-state index is -0.197. The molecule has 0 aromatic carbocycles. The first kappa shape index (κ1) is 15.6. The van der Waals surface area contributed by atoms with Gasteiger partial charge in [-0.2, -0.15) is 5.26 Å². The normalized spacial score (nSPS) is 4.33. The molecule has 0 saturated carbocycles. The zero-order chi connectivity index (χ0) is 6.99. The van der Waals surface area contributed by atoms with E-state index in [2.05, 4.69) is 4.99 Å². The number of nitrogens with zero attached hydrogens (tertiary/aromatic N) is 2. The topological polar surface area (TPSA) is 105 Å². The Morgan fingerprint density at radius 1 is 1.56 bits per heavy atom. The maximum Gasteiger partial charge on any atom is 0.209 e. The largest absolute Gasteiger partial charge is 0.369 e. The van der Waals surface area contributed by atoms with Gasteiger partial charge < -0.3 is 16.3 Å². The van der Waals surface area contributed by atoms with Gasteiger partial charge in [0.2, 0.25) is 12.2 Å². The summed E-state index contributed by atoms with van der Waals surface area (Å²) in [6, 6.07) is 0. The van der Waals surface area contributed by atoms with E-state index in [9.17, 15) is 0 Å². The molecular formula is C3H7ClN4O. The number of guanidine groups is 1. The van der Waals surface area contributed by atoms with Crippen molar-refractivity contribution in [1.82, 2.24) is 0 Å². The van der Waals surface area contributed by atoms with Crippen molar-refractivity contribution in [2.45, 2.75) is 0 Å². The molecule has 0 unspecified atom stereocenters. The molecule has 0 fully saturated rings. The molecule has 0 saturated heterocycles. The van der Waals surface area contributed by atoms with Crippen LogP contribution < -0.4 is 11.5 Å². The van der Waals surface area contributed by atoms with Crippen LogP contribution in [0.25, 0.3) is 0 Å². The molecule has 52 valence electrons. The van der Waals surface area contributed by atoms with E-state index in [-0.39, 0.29) is 18.4 Å². The second kappa shape index (κ2) is 15.9. The molecule has 5 nitrogen and oxygen atoms in total. The highest BCUT2D eigenvalue weighted by Crippen LogP contribution is 1.49. The third-order valence-corrected chi connectivity index (χ3v) is 0.179. The molecule has 0 bridgehead atoms. The Morgan fingerprint density at radius 3 is 1.89 bits per heavy atom. The van der Waals surface area contributed by atoms with Crippen molar-refractivity contribution >= 4 is 25.2 Å². The first-order valence-corrected chi connectivity index (χ1v) is 1.54. The summed E-state index contributed by atoms with van der Waals surface area (Å²) in [4.78, 5) is 10.9. The zero-order valence-electron chi connectivity index (χ0n) is 4.57. The molecule has 0 radical (unpaired) electrons. The van der Waals surface area contributed by atoms with Crippen LogP contribution in [0, 0.1) is 11.5 Å². The summed E-state index contributed by atoms with van der Waals surface area (Å²) in [5, 5.41) is 7.64. The number of hydrogen-bond acceptors (Lipinski definition) is 3. The average Bonchev–Trinajstić information content (AvgIpc) is 1.72. The van der Waals surface area contributed by atoms with Crippen LogP contribution in [-0.4, -0.2) is 12.7 Å². The van der Waals surface area contributed by atoms with Gasteiger partial charge in [0.25, 0.3) is 0 Å². The molecule has 0 heterocycles. The van der Waals surface area contributed by atoms with Crippen molar-refractivity contribution in [3.63, 3.8) is 0 Å². The van der Waals surface area contributed by atoms with Gasteiger partial charge in [-0.25, -0.2) is 0 Å². The van der Waals surface area contributed by atoms with Crippen molar-refractivity contribution in [1.29, 1.82) is 5.26 Å². The SMILES string of the molecule is C=O.Cl.N#CN=C(N)N. The fourth-order valence-corrected chi connectivity index (χ4v) is 0.0577. The van der Waals surface area contributed by atoms with Gasteiger partial charge in [0, 0.05) is 0 Å². The first-order valence-electron chi connectivity index (χ1n) is 1.54. The van der Waals surface area contributed by atoms with Crippen LogP contribution in [0.3, 0.4) is 0 Å². The number of carbonyl (C=O) groups is 1. The van der Waals surface area contributed by atoms with Crippen molar-refractivity contribution in [3.05, 3.63) is 0 Å². The Hall–Kier alpha value is -1.28. The summed E-state index contributed by atoms with van der Waals surface area (Å²) in [7, 11) is 0. The lowest BCUT2D eigenvalue weighted by Crippen LogP contribution is -2.21. The van der Waals surface area contributed by atoms with Gasteiger partial charge in [0.05, 0.1) is 0 Å². The highest BCUT2D eigenvalue weighted by Gasteiger charge is 1.67. The Bertz CT molecular complexity index is 113. The molecule has 0 rings (SSSR count). The number of nitriles is 1. The summed E-state index contributed by atoms with van der Waals surface area (Å²) in [6.07, 6.45) is 1.41. The van der Waals surface area contributed by atoms with E-state index in [0.29, 0.717) is 0 Å². The molecule has 0 aliphatic heterocycles. The van der Waals surface area contributed by atoms with Gasteiger partial charge in [-0.3, -0.25) is 0 Å². The van der Waals surface area contributed by atoms with Crippen LogP contribution in [0.15, 0.2) is 4.99 Å². The standard InChI is InChI=1S/C2H4N4.CH2O.ClH/c3-1-6-2(4)5;1-2;/h(H4,4,5,6);1H2;1H. The summed E-state index contributed by atoms with van der Waals surface area (Å²) >= 11 is 0. The smallest absolute Gasteiger partial charge is 0.209 e. The molecule has 0 atom stereocenters. The third kappa shape index (κ3) is 50.6. The quantitative estimate of drug-likeness (QED) is 0.262. The van der Waals surface area contributed by atoms with Gasteiger partial charge in [0.15, 0.2) is 0 Å². The predicted molar refractivity (Wildman–Crippen MR) is 35.8 cm³/mol. The first-order chi connectivity index (χ1) is 3.77. The number of halogens is 1. The number of aliphatic imine (C=N–C) groups is 1. The van der Waals surface area contributed by atoms with Gasteiger partial charge >= 0.3 is 0 Å². The lowest BCUT2D eigenvalue weighted by molar-refractivity contribution is -0.0979. The molecule has 0 amide bonds. The fourth-order valence-electron chi connectivity index (χ4n) is 0.0577. The van der Waals surface area contributed by atoms with Gasteiger partial charge in [0.1, 0.15) is 6.79 Å². The monoisotopic (exact) mass is 150 g/mol. The van der Waals surface area contributed by atoms with E-state index in [4.69, 9.17) is 21.5 Å². The number of rotatable bonds is 0. The van der Waals surface area contributed by atoms with Crippen LogP contribution in [0.4, 0.5) is 0 Å². The molecule has 4 N–H and O–H groups in total. The molecule has 0 spiro atoms. The second-order valence-electron chi connectivity index (χ2n) is 0.637. The highest BCUT2D eigenvalue weighted by atomic mass is 35.5. The van der Waals surface area contributed by atoms with E-state index < -0.39 is 0 Å². The number of hydrogen-bond donors (Lipinski definition) is 2. The summed E-state index contributed by atoms with van der Waals surface area (Å²) in [5.41, 5.74) is 9.42. The fraction of sp³-hybridized carbons (Fsp3) is 0. The van der Waals surface area contributed by atoms with Crippen molar-refractivity contribution < 1.29 is 4.79 Å². The number of carbonyl (C=O) groups excluding carboxylic acids is 1. The molecule has 0 aliphatic rings. The Kier molecular flexibility index (Phi) is 27.6. The maximum atomic E-state index is 8.00. The Morgan fingerprint density at radius 2 is 1.89 bits per heavy atom. The van der Waals surface area contributed by atoms with E-state index in [1.807, 2.05) is 6.79 Å². The van der Waals surface area contributed by atoms with Crippen molar-refractivity contribution in [2.75, 3.05) is 0 Å². The summed E-state index contributed by atoms with van der Waals surface area (Å²) < 4.78 is 0. The lowest BCUT2D eigenvalue weighted by atomic mass is 11.1. The molecule has 0 aromatic rings. The highest BCUT2D eigenvalue weighted by molar-refractivity contribution is 5.85. The predicted octanol–water partition coefficient (Wildman–Crippen LogP) is -1.02. The van der Waals surface area contributed by atoms with Crippen molar-refractivity contribution in [3.8, 4) is 6.19 Å². The Balaban J connectivity index is -0.000000109. The maximum absolute atomic E-state index is 8.00. The third-order valence-electron chi connectivity index (χ3n) is 0.179. The van der Waals surface area contributed by atoms with Gasteiger partial charge in [-0.15, -0.1) is 17.4 Å². The van der Waals surface area contributed by atoms with Crippen LogP contribution in [0.5, 0.6) is 0 Å². The van der Waals surface area contributed by atoms with Crippen LogP contribution in [-0.2, 0) is 4.79 Å². The molecule has 0 aromatic heterocycles. The minimum Gasteiger partial charge on any atom is -0.369 e. The van der Waals surface area contributed by atoms with Crippen LogP contribution in [0.2, 0.25) is 0 Å². The Labute approximate surface area is 58.8 Å². The summed E-state index contributed by atoms with van der Waals surface area (Å²) in [6.45, 7) is 2.00. The molecule has 9 heavy (non-hydrogen) atoms. The number of nitrogens with two attached hydrogens (primary N) is 2. The lowest BCUT2D eigenvalue weighted by Gasteiger charge is -1.74. The van der Waals surface area contributed by atoms with E-state index in [1.54, 1.807) is 0 Å². The molecule has 0 aliphatic carbocycles. The van der Waals surface area contributed by atoms with Crippen LogP contribution in [0.1, 0.15) is 0 Å². The van der Waals surface area contributed by atoms with E-state index in [1.165, 1.54) is 6.19 Å². The molecule has 6 heteroatoms. The minimum absolute atomic E-state index is 0.